The molecule has 1 saturated carbocycles. The minimum Gasteiger partial charge on any atom is -0.261 e. The van der Waals surface area contributed by atoms with E-state index in [0.717, 1.165) is 24.9 Å². The van der Waals surface area contributed by atoms with Crippen LogP contribution in [0.1, 0.15) is 6.42 Å². The summed E-state index contributed by atoms with van der Waals surface area (Å²) in [5.74, 6) is 1.73. The molecule has 0 aliphatic heterocycles. The molecule has 4 heteroatoms. The predicted octanol–water partition coefficient (Wildman–Crippen LogP) is -0.929. The average Bonchev–Trinajstić information content (AvgIpc) is 2.76. The summed E-state index contributed by atoms with van der Waals surface area (Å²) in [6, 6.07) is 0. The Kier molecular flexibility index (Phi) is 3.79. The van der Waals surface area contributed by atoms with Crippen LogP contribution in [0, 0.1) is 11.8 Å². The quantitative estimate of drug-likeness (QED) is 0.377. The van der Waals surface area contributed by atoms with Crippen LogP contribution in [0.15, 0.2) is 0 Å². The molecule has 0 unspecified atom stereocenters. The first kappa shape index (κ1) is 8.93. The topological polar surface area (TPSA) is 48.1 Å². The number of hydrogen-bond donors (Lipinski definition) is 4. The van der Waals surface area contributed by atoms with Gasteiger partial charge in [-0.3, -0.25) is 21.7 Å². The first-order valence-electron chi connectivity index (χ1n) is 4.17. The van der Waals surface area contributed by atoms with Crippen molar-refractivity contribution in [3.8, 4) is 0 Å². The molecule has 0 aromatic rings. The molecule has 0 saturated heterocycles. The second kappa shape index (κ2) is 4.66. The van der Waals surface area contributed by atoms with Gasteiger partial charge in [0, 0.05) is 13.1 Å². The van der Waals surface area contributed by atoms with Gasteiger partial charge in [-0.2, -0.15) is 0 Å². The van der Waals surface area contributed by atoms with Gasteiger partial charge < -0.3 is 0 Å². The monoisotopic (exact) mass is 158 g/mol. The molecule has 0 amide bonds. The highest BCUT2D eigenvalue weighted by molar-refractivity contribution is 4.88. The van der Waals surface area contributed by atoms with Crippen molar-refractivity contribution in [2.24, 2.45) is 11.8 Å². The van der Waals surface area contributed by atoms with Gasteiger partial charge in [0.2, 0.25) is 0 Å². The van der Waals surface area contributed by atoms with Crippen molar-refractivity contribution in [3.63, 3.8) is 0 Å². The molecule has 1 aliphatic rings. The number of rotatable bonds is 6. The molecule has 1 rings (SSSR count). The molecule has 66 valence electrons. The largest absolute Gasteiger partial charge is 0.261 e. The molecule has 0 radical (unpaired) electrons. The molecule has 0 bridgehead atoms. The number of hydrazine groups is 2. The Morgan fingerprint density at radius 1 is 1.00 bits per heavy atom. The van der Waals surface area contributed by atoms with Crippen LogP contribution in [-0.4, -0.2) is 27.2 Å². The van der Waals surface area contributed by atoms with Crippen molar-refractivity contribution in [3.05, 3.63) is 0 Å². The van der Waals surface area contributed by atoms with Crippen LogP contribution < -0.4 is 21.7 Å². The van der Waals surface area contributed by atoms with E-state index in [2.05, 4.69) is 21.7 Å². The maximum Gasteiger partial charge on any atom is 0.0131 e. The molecule has 1 fully saturated rings. The zero-order valence-electron chi connectivity index (χ0n) is 7.28. The van der Waals surface area contributed by atoms with Gasteiger partial charge in [-0.05, 0) is 32.4 Å². The van der Waals surface area contributed by atoms with E-state index >= 15 is 0 Å². The zero-order chi connectivity index (χ0) is 8.10. The van der Waals surface area contributed by atoms with E-state index in [-0.39, 0.29) is 0 Å². The summed E-state index contributed by atoms with van der Waals surface area (Å²) in [6.07, 6.45) is 1.35. The lowest BCUT2D eigenvalue weighted by molar-refractivity contribution is 0.505. The summed E-state index contributed by atoms with van der Waals surface area (Å²) in [6.45, 7) is 2.18. The van der Waals surface area contributed by atoms with Crippen molar-refractivity contribution < 1.29 is 0 Å². The normalized spacial score (nSPS) is 28.9. The van der Waals surface area contributed by atoms with Crippen molar-refractivity contribution in [2.75, 3.05) is 27.2 Å². The Bertz CT molecular complexity index is 94.6. The third-order valence-electron chi connectivity index (χ3n) is 2.15. The SMILES string of the molecule is CNNC[C@@H]1C[C@H]1CNNC. The Morgan fingerprint density at radius 2 is 1.45 bits per heavy atom. The lowest BCUT2D eigenvalue weighted by atomic mass is 10.3. The molecule has 11 heavy (non-hydrogen) atoms. The summed E-state index contributed by atoms with van der Waals surface area (Å²) in [7, 11) is 3.81. The second-order valence-electron chi connectivity index (χ2n) is 3.02. The van der Waals surface area contributed by atoms with Crippen LogP contribution in [0.4, 0.5) is 0 Å². The van der Waals surface area contributed by atoms with Gasteiger partial charge in [0.05, 0.1) is 0 Å². The van der Waals surface area contributed by atoms with Crippen LogP contribution in [0.5, 0.6) is 0 Å². The highest BCUT2D eigenvalue weighted by atomic mass is 15.3. The Labute approximate surface area is 68.1 Å². The summed E-state index contributed by atoms with van der Waals surface area (Å²) in [5, 5.41) is 0. The van der Waals surface area contributed by atoms with Crippen molar-refractivity contribution >= 4 is 0 Å². The van der Waals surface area contributed by atoms with E-state index in [1.165, 1.54) is 6.42 Å². The van der Waals surface area contributed by atoms with Gasteiger partial charge in [-0.25, -0.2) is 0 Å². The average molecular weight is 158 g/mol. The summed E-state index contributed by atoms with van der Waals surface area (Å²) in [5.41, 5.74) is 12.1. The van der Waals surface area contributed by atoms with E-state index in [9.17, 15) is 0 Å². The lowest BCUT2D eigenvalue weighted by Gasteiger charge is -2.02. The minimum absolute atomic E-state index is 0.864. The Balaban J connectivity index is 1.89. The number of nitrogens with one attached hydrogen (secondary N) is 4. The predicted molar refractivity (Wildman–Crippen MR) is 45.7 cm³/mol. The van der Waals surface area contributed by atoms with Gasteiger partial charge in [-0.1, -0.05) is 0 Å². The third-order valence-corrected chi connectivity index (χ3v) is 2.15. The fraction of sp³-hybridized carbons (Fsp3) is 1.00. The molecule has 0 spiro atoms. The van der Waals surface area contributed by atoms with Crippen LogP contribution in [0.3, 0.4) is 0 Å². The Hall–Kier alpha value is -0.160. The minimum atomic E-state index is 0.864. The van der Waals surface area contributed by atoms with Crippen molar-refractivity contribution in [1.29, 1.82) is 0 Å². The van der Waals surface area contributed by atoms with Crippen LogP contribution >= 0.6 is 0 Å². The van der Waals surface area contributed by atoms with Crippen molar-refractivity contribution in [1.82, 2.24) is 21.7 Å². The third kappa shape index (κ3) is 3.16. The van der Waals surface area contributed by atoms with Gasteiger partial charge in [0.15, 0.2) is 0 Å². The van der Waals surface area contributed by atoms with Crippen LogP contribution in [0.2, 0.25) is 0 Å². The van der Waals surface area contributed by atoms with Crippen LogP contribution in [-0.2, 0) is 0 Å². The van der Waals surface area contributed by atoms with E-state index in [1.807, 2.05) is 14.1 Å². The molecular weight excluding hydrogens is 140 g/mol. The maximum absolute atomic E-state index is 3.12. The fourth-order valence-corrected chi connectivity index (χ4v) is 1.28. The molecule has 4 nitrogen and oxygen atoms in total. The summed E-state index contributed by atoms with van der Waals surface area (Å²) >= 11 is 0. The summed E-state index contributed by atoms with van der Waals surface area (Å²) < 4.78 is 0. The van der Waals surface area contributed by atoms with Gasteiger partial charge in [0.1, 0.15) is 0 Å². The molecule has 4 N–H and O–H groups in total. The Morgan fingerprint density at radius 3 is 1.82 bits per heavy atom. The molecule has 0 aromatic heterocycles. The highest BCUT2D eigenvalue weighted by Crippen LogP contribution is 2.36. The van der Waals surface area contributed by atoms with E-state index in [0.29, 0.717) is 0 Å². The molecule has 1 aliphatic carbocycles. The summed E-state index contributed by atoms with van der Waals surface area (Å²) in [4.78, 5) is 0. The van der Waals surface area contributed by atoms with Crippen molar-refractivity contribution in [2.45, 2.75) is 6.42 Å². The first-order valence-corrected chi connectivity index (χ1v) is 4.17. The van der Waals surface area contributed by atoms with E-state index < -0.39 is 0 Å². The molecular formula is C7H18N4. The highest BCUT2D eigenvalue weighted by Gasteiger charge is 2.35. The first-order chi connectivity index (χ1) is 5.38. The van der Waals surface area contributed by atoms with Gasteiger partial charge in [-0.15, -0.1) is 0 Å². The van der Waals surface area contributed by atoms with E-state index in [1.54, 1.807) is 0 Å². The molecule has 0 aromatic carbocycles. The van der Waals surface area contributed by atoms with Gasteiger partial charge in [0.25, 0.3) is 0 Å². The lowest BCUT2D eigenvalue weighted by Crippen LogP contribution is -2.32. The van der Waals surface area contributed by atoms with E-state index in [4.69, 9.17) is 0 Å². The fourth-order valence-electron chi connectivity index (χ4n) is 1.28. The second-order valence-corrected chi connectivity index (χ2v) is 3.02. The maximum atomic E-state index is 3.12. The molecule has 0 heterocycles. The van der Waals surface area contributed by atoms with Gasteiger partial charge >= 0.3 is 0 Å². The van der Waals surface area contributed by atoms with Crippen LogP contribution in [0.25, 0.3) is 0 Å². The smallest absolute Gasteiger partial charge is 0.0131 e. The zero-order valence-corrected chi connectivity index (χ0v) is 7.28. The standard InChI is InChI=1S/C7H18N4/c1-8-10-4-6-3-7(6)5-11-9-2/h6-11H,3-5H2,1-2H3/t6-,7-/m0/s1. The number of hydrogen-bond acceptors (Lipinski definition) is 4. The molecule has 2 atom stereocenters.